The second kappa shape index (κ2) is 6.18. The Kier molecular flexibility index (Phi) is 5.80. The molecule has 0 bridgehead atoms. The van der Waals surface area contributed by atoms with Crippen molar-refractivity contribution < 1.29 is 19.1 Å². The number of Topliss-reactive ketones (excluding diaryl/α,β-unsaturated/α-hetero) is 1. The zero-order chi connectivity index (χ0) is 14.6. The lowest BCUT2D eigenvalue weighted by Gasteiger charge is -2.28. The molecule has 5 heteroatoms. The van der Waals surface area contributed by atoms with Crippen LogP contribution < -0.4 is 5.32 Å². The molecule has 0 spiro atoms. The predicted molar refractivity (Wildman–Crippen MR) is 69.5 cm³/mol. The number of methoxy groups -OCH3 is 1. The maximum absolute atomic E-state index is 12.2. The molecular weight excluding hydrogens is 234 g/mol. The van der Waals surface area contributed by atoms with Crippen LogP contribution in [-0.2, 0) is 14.3 Å². The number of nitrogens with one attached hydrogen (secondary N) is 1. The minimum absolute atomic E-state index is 0.0860. The van der Waals surface area contributed by atoms with Crippen molar-refractivity contribution in [3.8, 4) is 0 Å². The Morgan fingerprint density at radius 1 is 1.11 bits per heavy atom. The van der Waals surface area contributed by atoms with E-state index in [-0.39, 0.29) is 18.0 Å². The Hall–Kier alpha value is -1.10. The van der Waals surface area contributed by atoms with Gasteiger partial charge in [-0.2, -0.15) is 0 Å². The highest BCUT2D eigenvalue weighted by atomic mass is 16.5. The fourth-order valence-corrected chi connectivity index (χ4v) is 1.24. The first kappa shape index (κ1) is 16.9. The standard InChI is InChI=1S/C13H25NO4/c1-12(2,3)10(15)9(14-11(16)17-7)8-18-13(4,5)6/h9H,8H2,1-7H3,(H,14,16). The van der Waals surface area contributed by atoms with Gasteiger partial charge < -0.3 is 14.8 Å². The largest absolute Gasteiger partial charge is 0.453 e. The number of hydrogen-bond donors (Lipinski definition) is 1. The van der Waals surface area contributed by atoms with E-state index in [1.54, 1.807) is 20.8 Å². The topological polar surface area (TPSA) is 64.6 Å². The van der Waals surface area contributed by atoms with Gasteiger partial charge in [0.1, 0.15) is 6.04 Å². The fraction of sp³-hybridized carbons (Fsp3) is 0.846. The van der Waals surface area contributed by atoms with Crippen LogP contribution in [0.3, 0.4) is 0 Å². The van der Waals surface area contributed by atoms with Gasteiger partial charge in [0.15, 0.2) is 5.78 Å². The summed E-state index contributed by atoms with van der Waals surface area (Å²) in [5.41, 5.74) is -0.916. The summed E-state index contributed by atoms with van der Waals surface area (Å²) in [4.78, 5) is 23.4. The van der Waals surface area contributed by atoms with Gasteiger partial charge in [0, 0.05) is 5.41 Å². The van der Waals surface area contributed by atoms with E-state index in [1.807, 2.05) is 20.8 Å². The van der Waals surface area contributed by atoms with Gasteiger partial charge in [0.2, 0.25) is 0 Å². The minimum atomic E-state index is -0.698. The van der Waals surface area contributed by atoms with Crippen LogP contribution in [0.4, 0.5) is 4.79 Å². The normalized spacial score (nSPS) is 13.9. The van der Waals surface area contributed by atoms with Crippen LogP contribution in [0.1, 0.15) is 41.5 Å². The summed E-state index contributed by atoms with van der Waals surface area (Å²) in [5.74, 6) is -0.0860. The molecule has 0 rings (SSSR count). The summed E-state index contributed by atoms with van der Waals surface area (Å²) in [7, 11) is 1.26. The molecule has 1 unspecified atom stereocenters. The van der Waals surface area contributed by atoms with Gasteiger partial charge in [0.05, 0.1) is 19.3 Å². The molecule has 0 radical (unpaired) electrons. The SMILES string of the molecule is COC(=O)NC(COC(C)(C)C)C(=O)C(C)(C)C. The molecule has 0 aliphatic heterocycles. The van der Waals surface area contributed by atoms with Gasteiger partial charge in [-0.05, 0) is 20.8 Å². The number of rotatable bonds is 4. The van der Waals surface area contributed by atoms with Crippen LogP contribution in [0.2, 0.25) is 0 Å². The highest BCUT2D eigenvalue weighted by Crippen LogP contribution is 2.18. The van der Waals surface area contributed by atoms with Crippen molar-refractivity contribution in [2.45, 2.75) is 53.2 Å². The third-order valence-electron chi connectivity index (χ3n) is 2.22. The summed E-state index contributed by atoms with van der Waals surface area (Å²) in [6.07, 6.45) is -0.630. The van der Waals surface area contributed by atoms with E-state index in [4.69, 9.17) is 4.74 Å². The summed E-state index contributed by atoms with van der Waals surface area (Å²) >= 11 is 0. The lowest BCUT2D eigenvalue weighted by atomic mass is 9.86. The van der Waals surface area contributed by atoms with Gasteiger partial charge in [-0.3, -0.25) is 4.79 Å². The average Bonchev–Trinajstić information content (AvgIpc) is 2.20. The molecule has 0 heterocycles. The van der Waals surface area contributed by atoms with Gasteiger partial charge >= 0.3 is 6.09 Å². The Labute approximate surface area is 109 Å². The van der Waals surface area contributed by atoms with Crippen molar-refractivity contribution in [1.82, 2.24) is 5.32 Å². The van der Waals surface area contributed by atoms with Gasteiger partial charge in [-0.25, -0.2) is 4.79 Å². The molecule has 1 atom stereocenters. The lowest BCUT2D eigenvalue weighted by molar-refractivity contribution is -0.131. The summed E-state index contributed by atoms with van der Waals surface area (Å²) < 4.78 is 10.1. The van der Waals surface area contributed by atoms with Crippen molar-refractivity contribution in [1.29, 1.82) is 0 Å². The van der Waals surface area contributed by atoms with Crippen molar-refractivity contribution in [2.75, 3.05) is 13.7 Å². The van der Waals surface area contributed by atoms with Crippen LogP contribution >= 0.6 is 0 Å². The van der Waals surface area contributed by atoms with E-state index in [0.29, 0.717) is 0 Å². The Morgan fingerprint density at radius 3 is 1.94 bits per heavy atom. The minimum Gasteiger partial charge on any atom is -0.453 e. The molecule has 0 aromatic carbocycles. The van der Waals surface area contributed by atoms with Crippen molar-refractivity contribution in [3.05, 3.63) is 0 Å². The second-order valence-corrected chi connectivity index (χ2v) is 6.23. The van der Waals surface area contributed by atoms with E-state index >= 15 is 0 Å². The number of ketones is 1. The van der Waals surface area contributed by atoms with Crippen LogP contribution in [-0.4, -0.2) is 37.2 Å². The third kappa shape index (κ3) is 6.59. The van der Waals surface area contributed by atoms with Crippen LogP contribution in [0, 0.1) is 5.41 Å². The monoisotopic (exact) mass is 259 g/mol. The Morgan fingerprint density at radius 2 is 1.61 bits per heavy atom. The van der Waals surface area contributed by atoms with Crippen LogP contribution in [0.15, 0.2) is 0 Å². The van der Waals surface area contributed by atoms with Gasteiger partial charge in [-0.15, -0.1) is 0 Å². The number of amides is 1. The van der Waals surface area contributed by atoms with E-state index in [1.165, 1.54) is 7.11 Å². The smallest absolute Gasteiger partial charge is 0.407 e. The maximum Gasteiger partial charge on any atom is 0.407 e. The van der Waals surface area contributed by atoms with Crippen LogP contribution in [0.5, 0.6) is 0 Å². The second-order valence-electron chi connectivity index (χ2n) is 6.23. The highest BCUT2D eigenvalue weighted by Gasteiger charge is 2.32. The molecule has 1 amide bonds. The number of hydrogen-bond acceptors (Lipinski definition) is 4. The molecule has 18 heavy (non-hydrogen) atoms. The first-order chi connectivity index (χ1) is 7.97. The molecule has 0 fully saturated rings. The summed E-state index contributed by atoms with van der Waals surface area (Å²) in [6.45, 7) is 11.2. The molecular formula is C13H25NO4. The zero-order valence-corrected chi connectivity index (χ0v) is 12.4. The first-order valence-electron chi connectivity index (χ1n) is 6.00. The highest BCUT2D eigenvalue weighted by molar-refractivity contribution is 5.91. The first-order valence-corrected chi connectivity index (χ1v) is 6.00. The van der Waals surface area contributed by atoms with E-state index in [9.17, 15) is 9.59 Å². The lowest BCUT2D eigenvalue weighted by Crippen LogP contribution is -2.49. The molecule has 0 aliphatic carbocycles. The van der Waals surface area contributed by atoms with Crippen molar-refractivity contribution in [3.63, 3.8) is 0 Å². The number of carbonyl (C=O) groups excluding carboxylic acids is 2. The van der Waals surface area contributed by atoms with Crippen molar-refractivity contribution in [2.24, 2.45) is 5.41 Å². The summed E-state index contributed by atoms with van der Waals surface area (Å²) in [6, 6.07) is -0.698. The predicted octanol–water partition coefficient (Wildman–Crippen LogP) is 2.14. The third-order valence-corrected chi connectivity index (χ3v) is 2.22. The molecule has 0 aliphatic rings. The molecule has 0 aromatic rings. The average molecular weight is 259 g/mol. The molecule has 1 N–H and O–H groups in total. The molecule has 0 aromatic heterocycles. The molecule has 5 nitrogen and oxygen atoms in total. The fourth-order valence-electron chi connectivity index (χ4n) is 1.24. The van der Waals surface area contributed by atoms with E-state index in [2.05, 4.69) is 10.1 Å². The number of alkyl carbamates (subject to hydrolysis) is 1. The quantitative estimate of drug-likeness (QED) is 0.840. The Balaban J connectivity index is 4.73. The number of carbonyl (C=O) groups is 2. The molecule has 0 saturated heterocycles. The zero-order valence-electron chi connectivity index (χ0n) is 12.4. The maximum atomic E-state index is 12.2. The molecule has 0 saturated carbocycles. The van der Waals surface area contributed by atoms with E-state index < -0.39 is 17.6 Å². The van der Waals surface area contributed by atoms with Crippen molar-refractivity contribution >= 4 is 11.9 Å². The van der Waals surface area contributed by atoms with Crippen LogP contribution in [0.25, 0.3) is 0 Å². The Bertz CT molecular complexity index is 299. The summed E-state index contributed by atoms with van der Waals surface area (Å²) in [5, 5.41) is 2.51. The number of ether oxygens (including phenoxy) is 2. The van der Waals surface area contributed by atoms with Gasteiger partial charge in [-0.1, -0.05) is 20.8 Å². The van der Waals surface area contributed by atoms with E-state index in [0.717, 1.165) is 0 Å². The molecule has 106 valence electrons. The van der Waals surface area contributed by atoms with Gasteiger partial charge in [0.25, 0.3) is 0 Å².